The van der Waals surface area contributed by atoms with Gasteiger partial charge in [0, 0.05) is 17.7 Å². The maximum atomic E-state index is 11.0. The van der Waals surface area contributed by atoms with Gasteiger partial charge in [0.05, 0.1) is 39.8 Å². The highest BCUT2D eigenvalue weighted by molar-refractivity contribution is 9.10. The van der Waals surface area contributed by atoms with Gasteiger partial charge in [0.15, 0.2) is 11.5 Å². The molecule has 3 rings (SSSR count). The summed E-state index contributed by atoms with van der Waals surface area (Å²) in [7, 11) is 1.50. The van der Waals surface area contributed by atoms with Gasteiger partial charge in [-0.15, -0.1) is 0 Å². The van der Waals surface area contributed by atoms with Crippen molar-refractivity contribution < 1.29 is 14.4 Å². The third-order valence-electron chi connectivity index (χ3n) is 4.56. The van der Waals surface area contributed by atoms with Crippen LogP contribution in [0.4, 0.5) is 5.69 Å². The molecule has 3 aromatic rings. The summed E-state index contributed by atoms with van der Waals surface area (Å²) < 4.78 is 12.0. The highest BCUT2D eigenvalue weighted by atomic mass is 79.9. The number of allylic oxidation sites excluding steroid dienone is 1. The van der Waals surface area contributed by atoms with Crippen molar-refractivity contribution >= 4 is 33.3 Å². The largest absolute Gasteiger partial charge is 0.493 e. The molecule has 32 heavy (non-hydrogen) atoms. The number of methoxy groups -OCH3 is 1. The van der Waals surface area contributed by atoms with E-state index in [1.807, 2.05) is 12.1 Å². The molecule has 7 nitrogen and oxygen atoms in total. The first-order valence-corrected chi connectivity index (χ1v) is 10.1. The van der Waals surface area contributed by atoms with Crippen molar-refractivity contribution in [1.82, 2.24) is 0 Å². The van der Waals surface area contributed by atoms with E-state index in [2.05, 4.69) is 28.1 Å². The normalized spacial score (nSPS) is 10.7. The fourth-order valence-corrected chi connectivity index (χ4v) is 3.58. The Morgan fingerprint density at radius 1 is 1.16 bits per heavy atom. The van der Waals surface area contributed by atoms with Crippen molar-refractivity contribution in [3.63, 3.8) is 0 Å². The van der Waals surface area contributed by atoms with Crippen molar-refractivity contribution in [2.45, 2.75) is 6.61 Å². The van der Waals surface area contributed by atoms with Crippen LogP contribution in [0.3, 0.4) is 0 Å². The van der Waals surface area contributed by atoms with E-state index in [0.717, 1.165) is 5.56 Å². The number of ether oxygens (including phenoxy) is 2. The number of nitro benzene ring substituents is 1. The van der Waals surface area contributed by atoms with Gasteiger partial charge in [0.25, 0.3) is 5.69 Å². The molecule has 0 saturated carbocycles. The minimum Gasteiger partial charge on any atom is -0.493 e. The van der Waals surface area contributed by atoms with Gasteiger partial charge in [-0.3, -0.25) is 10.1 Å². The molecule has 0 spiro atoms. The van der Waals surface area contributed by atoms with Gasteiger partial charge < -0.3 is 9.47 Å². The SMILES string of the molecule is COc1cc(C=C(C#N)c2cccc([N+](=O)[O-])c2)cc(Br)c1OCc1ccccc1C#N. The van der Waals surface area contributed by atoms with E-state index in [0.29, 0.717) is 32.7 Å². The quantitative estimate of drug-likeness (QED) is 0.177. The van der Waals surface area contributed by atoms with Gasteiger partial charge in [-0.05, 0) is 51.3 Å². The standard InChI is InChI=1S/C24H16BrN3O4/c1-31-23-11-16(9-20(14-27)17-7-4-8-21(12-17)28(29)30)10-22(25)24(23)32-15-19-6-3-2-5-18(19)13-26/h2-12H,15H2,1H3. The van der Waals surface area contributed by atoms with Crippen molar-refractivity contribution in [2.75, 3.05) is 7.11 Å². The molecule has 0 aliphatic rings. The number of nitriles is 2. The summed E-state index contributed by atoms with van der Waals surface area (Å²) in [4.78, 5) is 10.5. The third-order valence-corrected chi connectivity index (χ3v) is 5.15. The summed E-state index contributed by atoms with van der Waals surface area (Å²) in [6, 6.07) is 20.7. The van der Waals surface area contributed by atoms with Gasteiger partial charge in [-0.25, -0.2) is 0 Å². The van der Waals surface area contributed by atoms with E-state index in [1.165, 1.54) is 25.3 Å². The molecule has 0 unspecified atom stereocenters. The Hall–Kier alpha value is -4.14. The van der Waals surface area contributed by atoms with Crippen LogP contribution in [0.15, 0.2) is 65.1 Å². The summed E-state index contributed by atoms with van der Waals surface area (Å²) in [5, 5.41) is 29.9. The second-order valence-corrected chi connectivity index (χ2v) is 7.42. The molecular formula is C24H16BrN3O4. The number of benzene rings is 3. The zero-order valence-corrected chi connectivity index (χ0v) is 18.5. The number of hydrogen-bond donors (Lipinski definition) is 0. The molecule has 0 amide bonds. The summed E-state index contributed by atoms with van der Waals surface area (Å²) in [5.41, 5.74) is 2.51. The highest BCUT2D eigenvalue weighted by Crippen LogP contribution is 2.38. The molecule has 0 radical (unpaired) electrons. The van der Waals surface area contributed by atoms with Crippen LogP contribution in [0.2, 0.25) is 0 Å². The van der Waals surface area contributed by atoms with Crippen molar-refractivity contribution in [2.24, 2.45) is 0 Å². The lowest BCUT2D eigenvalue weighted by Gasteiger charge is -2.14. The lowest BCUT2D eigenvalue weighted by molar-refractivity contribution is -0.384. The summed E-state index contributed by atoms with van der Waals surface area (Å²) in [5.74, 6) is 0.877. The van der Waals surface area contributed by atoms with Crippen molar-refractivity contribution in [3.8, 4) is 23.6 Å². The first kappa shape index (κ1) is 22.5. The average molecular weight is 490 g/mol. The second kappa shape index (κ2) is 10.3. The van der Waals surface area contributed by atoms with E-state index in [9.17, 15) is 20.6 Å². The molecule has 0 saturated heterocycles. The maximum Gasteiger partial charge on any atom is 0.270 e. The zero-order chi connectivity index (χ0) is 23.1. The van der Waals surface area contributed by atoms with Crippen LogP contribution in [0, 0.1) is 32.8 Å². The molecule has 0 N–H and O–H groups in total. The Labute approximate surface area is 193 Å². The Bertz CT molecular complexity index is 1290. The topological polar surface area (TPSA) is 109 Å². The fourth-order valence-electron chi connectivity index (χ4n) is 3.00. The fraction of sp³-hybridized carbons (Fsp3) is 0.0833. The number of halogens is 1. The Kier molecular flexibility index (Phi) is 7.22. The average Bonchev–Trinajstić information content (AvgIpc) is 2.81. The van der Waals surface area contributed by atoms with Crippen LogP contribution in [-0.4, -0.2) is 12.0 Å². The maximum absolute atomic E-state index is 11.0. The minimum absolute atomic E-state index is 0.0937. The van der Waals surface area contributed by atoms with Gasteiger partial charge in [-0.1, -0.05) is 30.3 Å². The second-order valence-electron chi connectivity index (χ2n) is 6.57. The number of nitrogens with zero attached hydrogens (tertiary/aromatic N) is 3. The highest BCUT2D eigenvalue weighted by Gasteiger charge is 2.14. The first-order valence-electron chi connectivity index (χ1n) is 9.31. The van der Waals surface area contributed by atoms with Crippen LogP contribution < -0.4 is 9.47 Å². The van der Waals surface area contributed by atoms with E-state index in [4.69, 9.17) is 9.47 Å². The molecule has 0 aromatic heterocycles. The Morgan fingerprint density at radius 3 is 2.62 bits per heavy atom. The molecule has 0 heterocycles. The van der Waals surface area contributed by atoms with Crippen LogP contribution in [0.5, 0.6) is 11.5 Å². The number of hydrogen-bond acceptors (Lipinski definition) is 6. The molecule has 0 bridgehead atoms. The first-order chi connectivity index (χ1) is 15.5. The monoisotopic (exact) mass is 489 g/mol. The van der Waals surface area contributed by atoms with Gasteiger partial charge in [0.1, 0.15) is 6.61 Å². The van der Waals surface area contributed by atoms with Crippen LogP contribution in [0.25, 0.3) is 11.6 Å². The number of nitro groups is 1. The lowest BCUT2D eigenvalue weighted by atomic mass is 10.0. The van der Waals surface area contributed by atoms with E-state index in [1.54, 1.807) is 36.4 Å². The van der Waals surface area contributed by atoms with Crippen LogP contribution >= 0.6 is 15.9 Å². The van der Waals surface area contributed by atoms with E-state index < -0.39 is 4.92 Å². The van der Waals surface area contributed by atoms with Crippen LogP contribution in [0.1, 0.15) is 22.3 Å². The lowest BCUT2D eigenvalue weighted by Crippen LogP contribution is -2.01. The molecule has 3 aromatic carbocycles. The smallest absolute Gasteiger partial charge is 0.270 e. The van der Waals surface area contributed by atoms with Crippen LogP contribution in [-0.2, 0) is 6.61 Å². The van der Waals surface area contributed by atoms with Crippen molar-refractivity contribution in [3.05, 3.63) is 97.5 Å². The Balaban J connectivity index is 1.93. The van der Waals surface area contributed by atoms with Gasteiger partial charge >= 0.3 is 0 Å². The predicted octanol–water partition coefficient (Wildman–Crippen LogP) is 5.88. The molecular weight excluding hydrogens is 474 g/mol. The molecule has 0 atom stereocenters. The summed E-state index contributed by atoms with van der Waals surface area (Å²) in [6.07, 6.45) is 1.61. The molecule has 0 aliphatic heterocycles. The zero-order valence-electron chi connectivity index (χ0n) is 16.9. The van der Waals surface area contributed by atoms with Gasteiger partial charge in [0.2, 0.25) is 0 Å². The van der Waals surface area contributed by atoms with Crippen molar-refractivity contribution in [1.29, 1.82) is 10.5 Å². The molecule has 158 valence electrons. The number of non-ortho nitro benzene ring substituents is 1. The van der Waals surface area contributed by atoms with E-state index in [-0.39, 0.29) is 17.9 Å². The molecule has 0 aliphatic carbocycles. The van der Waals surface area contributed by atoms with Gasteiger partial charge in [-0.2, -0.15) is 10.5 Å². The molecule has 8 heteroatoms. The summed E-state index contributed by atoms with van der Waals surface area (Å²) >= 11 is 3.48. The Morgan fingerprint density at radius 2 is 1.94 bits per heavy atom. The predicted molar refractivity (Wildman–Crippen MR) is 123 cm³/mol. The third kappa shape index (κ3) is 5.12. The molecule has 0 fully saturated rings. The minimum atomic E-state index is -0.505. The van der Waals surface area contributed by atoms with E-state index >= 15 is 0 Å². The number of rotatable bonds is 7. The summed E-state index contributed by atoms with van der Waals surface area (Å²) in [6.45, 7) is 0.172.